The van der Waals surface area contributed by atoms with Crippen molar-refractivity contribution < 1.29 is 0 Å². The van der Waals surface area contributed by atoms with Gasteiger partial charge in [-0.15, -0.1) is 0 Å². The molecule has 3 heteroatoms. The maximum Gasteiger partial charge on any atom is 0.146 e. The molecule has 1 aromatic heterocycles. The third-order valence-corrected chi connectivity index (χ3v) is 3.23. The molecular weight excluding hydrogens is 174 g/mol. The SMILES string of the molecule is CCC1(Nc2cccnc2N)CCC1. The second-order valence-corrected chi connectivity index (χ2v) is 4.05. The van der Waals surface area contributed by atoms with Crippen LogP contribution < -0.4 is 11.1 Å². The lowest BCUT2D eigenvalue weighted by molar-refractivity contribution is 0.269. The Hall–Kier alpha value is -1.25. The molecule has 0 spiro atoms. The zero-order valence-electron chi connectivity index (χ0n) is 8.59. The molecule has 0 radical (unpaired) electrons. The van der Waals surface area contributed by atoms with E-state index in [0.29, 0.717) is 5.82 Å². The van der Waals surface area contributed by atoms with Gasteiger partial charge >= 0.3 is 0 Å². The minimum Gasteiger partial charge on any atom is -0.382 e. The summed E-state index contributed by atoms with van der Waals surface area (Å²) >= 11 is 0. The standard InChI is InChI=1S/C11H17N3/c1-2-11(6-4-7-11)14-9-5-3-8-13-10(9)12/h3,5,8,14H,2,4,6-7H2,1H3,(H2,12,13). The average Bonchev–Trinajstić information content (AvgIpc) is 2.14. The molecular formula is C11H17N3. The van der Waals surface area contributed by atoms with Gasteiger partial charge in [0.1, 0.15) is 5.82 Å². The summed E-state index contributed by atoms with van der Waals surface area (Å²) in [5, 5.41) is 3.52. The molecule has 0 bridgehead atoms. The smallest absolute Gasteiger partial charge is 0.146 e. The number of nitrogens with one attached hydrogen (secondary N) is 1. The highest BCUT2D eigenvalue weighted by Crippen LogP contribution is 2.38. The van der Waals surface area contributed by atoms with E-state index < -0.39 is 0 Å². The second kappa shape index (κ2) is 3.48. The van der Waals surface area contributed by atoms with E-state index in [1.54, 1.807) is 6.20 Å². The zero-order valence-corrected chi connectivity index (χ0v) is 8.59. The molecule has 3 N–H and O–H groups in total. The maximum atomic E-state index is 5.79. The second-order valence-electron chi connectivity index (χ2n) is 4.05. The third-order valence-electron chi connectivity index (χ3n) is 3.23. The van der Waals surface area contributed by atoms with Crippen LogP contribution in [0.3, 0.4) is 0 Å². The van der Waals surface area contributed by atoms with Crippen molar-refractivity contribution in [3.05, 3.63) is 18.3 Å². The van der Waals surface area contributed by atoms with Crippen molar-refractivity contribution >= 4 is 11.5 Å². The van der Waals surface area contributed by atoms with Gasteiger partial charge in [0.25, 0.3) is 0 Å². The first-order valence-corrected chi connectivity index (χ1v) is 5.24. The van der Waals surface area contributed by atoms with Gasteiger partial charge < -0.3 is 11.1 Å². The first-order valence-electron chi connectivity index (χ1n) is 5.24. The average molecular weight is 191 g/mol. The van der Waals surface area contributed by atoms with Crippen LogP contribution in [0.5, 0.6) is 0 Å². The lowest BCUT2D eigenvalue weighted by atomic mass is 9.74. The van der Waals surface area contributed by atoms with Gasteiger partial charge in [-0.1, -0.05) is 6.92 Å². The molecule has 0 saturated heterocycles. The Balaban J connectivity index is 2.13. The molecule has 1 aromatic rings. The molecule has 0 aliphatic heterocycles. The van der Waals surface area contributed by atoms with Gasteiger partial charge in [0.2, 0.25) is 0 Å². The van der Waals surface area contributed by atoms with Crippen LogP contribution in [0.1, 0.15) is 32.6 Å². The summed E-state index contributed by atoms with van der Waals surface area (Å²) in [5.41, 5.74) is 7.06. The molecule has 3 nitrogen and oxygen atoms in total. The number of hydrogen-bond acceptors (Lipinski definition) is 3. The fourth-order valence-corrected chi connectivity index (χ4v) is 1.98. The summed E-state index contributed by atoms with van der Waals surface area (Å²) in [6.45, 7) is 2.22. The van der Waals surface area contributed by atoms with Crippen molar-refractivity contribution in [1.82, 2.24) is 4.98 Å². The number of anilines is 2. The molecule has 1 heterocycles. The summed E-state index contributed by atoms with van der Waals surface area (Å²) in [6, 6.07) is 3.92. The highest BCUT2D eigenvalue weighted by molar-refractivity contribution is 5.62. The maximum absolute atomic E-state index is 5.79. The largest absolute Gasteiger partial charge is 0.382 e. The summed E-state index contributed by atoms with van der Waals surface area (Å²) in [5.74, 6) is 0.604. The predicted octanol–water partition coefficient (Wildman–Crippen LogP) is 2.41. The van der Waals surface area contributed by atoms with Crippen molar-refractivity contribution in [3.63, 3.8) is 0 Å². The van der Waals surface area contributed by atoms with Gasteiger partial charge in [-0.3, -0.25) is 0 Å². The molecule has 0 aromatic carbocycles. The molecule has 76 valence electrons. The van der Waals surface area contributed by atoms with E-state index in [4.69, 9.17) is 5.73 Å². The van der Waals surface area contributed by atoms with Crippen LogP contribution in [0.15, 0.2) is 18.3 Å². The van der Waals surface area contributed by atoms with Gasteiger partial charge in [0, 0.05) is 11.7 Å². The minimum atomic E-state index is 0.289. The van der Waals surface area contributed by atoms with Gasteiger partial charge in [0.05, 0.1) is 5.69 Å². The van der Waals surface area contributed by atoms with Crippen LogP contribution in [0, 0.1) is 0 Å². The van der Waals surface area contributed by atoms with Crippen LogP contribution in [-0.4, -0.2) is 10.5 Å². The zero-order chi connectivity index (χ0) is 10.0. The van der Waals surface area contributed by atoms with E-state index in [9.17, 15) is 0 Å². The molecule has 0 unspecified atom stereocenters. The number of rotatable bonds is 3. The van der Waals surface area contributed by atoms with Crippen LogP contribution in [0.25, 0.3) is 0 Å². The molecule has 1 aliphatic carbocycles. The lowest BCUT2D eigenvalue weighted by Gasteiger charge is -2.43. The first-order chi connectivity index (χ1) is 6.76. The number of aromatic nitrogens is 1. The topological polar surface area (TPSA) is 50.9 Å². The number of hydrogen-bond donors (Lipinski definition) is 2. The fourth-order valence-electron chi connectivity index (χ4n) is 1.98. The summed E-state index contributed by atoms with van der Waals surface area (Å²) < 4.78 is 0. The quantitative estimate of drug-likeness (QED) is 0.771. The van der Waals surface area contributed by atoms with E-state index in [1.807, 2.05) is 12.1 Å². The lowest BCUT2D eigenvalue weighted by Crippen LogP contribution is -2.44. The molecule has 0 amide bonds. The van der Waals surface area contributed by atoms with E-state index in [-0.39, 0.29) is 5.54 Å². The minimum absolute atomic E-state index is 0.289. The number of nitrogen functional groups attached to an aromatic ring is 1. The highest BCUT2D eigenvalue weighted by Gasteiger charge is 2.35. The molecule has 2 rings (SSSR count). The van der Waals surface area contributed by atoms with Gasteiger partial charge in [0.15, 0.2) is 0 Å². The van der Waals surface area contributed by atoms with Crippen molar-refractivity contribution in [1.29, 1.82) is 0 Å². The molecule has 1 saturated carbocycles. The van der Waals surface area contributed by atoms with Crippen LogP contribution in [0.2, 0.25) is 0 Å². The predicted molar refractivity (Wildman–Crippen MR) is 59.1 cm³/mol. The Labute approximate surface area is 84.7 Å². The van der Waals surface area contributed by atoms with Gasteiger partial charge in [-0.05, 0) is 37.8 Å². The van der Waals surface area contributed by atoms with Crippen LogP contribution >= 0.6 is 0 Å². The van der Waals surface area contributed by atoms with Crippen molar-refractivity contribution in [2.75, 3.05) is 11.1 Å². The Kier molecular flexibility index (Phi) is 2.32. The van der Waals surface area contributed by atoms with E-state index in [0.717, 1.165) is 12.1 Å². The van der Waals surface area contributed by atoms with Crippen LogP contribution in [-0.2, 0) is 0 Å². The molecule has 1 fully saturated rings. The number of nitrogens with zero attached hydrogens (tertiary/aromatic N) is 1. The first kappa shape index (κ1) is 9.31. The highest BCUT2D eigenvalue weighted by atomic mass is 15.0. The van der Waals surface area contributed by atoms with E-state index in [2.05, 4.69) is 17.2 Å². The Morgan fingerprint density at radius 3 is 2.86 bits per heavy atom. The fraction of sp³-hybridized carbons (Fsp3) is 0.545. The molecule has 14 heavy (non-hydrogen) atoms. The van der Waals surface area contributed by atoms with Crippen molar-refractivity contribution in [3.8, 4) is 0 Å². The summed E-state index contributed by atoms with van der Waals surface area (Å²) in [4.78, 5) is 4.07. The van der Waals surface area contributed by atoms with E-state index >= 15 is 0 Å². The van der Waals surface area contributed by atoms with Gasteiger partial charge in [-0.25, -0.2) is 4.98 Å². The molecule has 1 aliphatic rings. The van der Waals surface area contributed by atoms with Crippen LogP contribution in [0.4, 0.5) is 11.5 Å². The summed E-state index contributed by atoms with van der Waals surface area (Å²) in [6.07, 6.45) is 6.69. The van der Waals surface area contributed by atoms with E-state index in [1.165, 1.54) is 19.3 Å². The normalized spacial score (nSPS) is 18.6. The number of pyridine rings is 1. The van der Waals surface area contributed by atoms with Gasteiger partial charge in [-0.2, -0.15) is 0 Å². The Morgan fingerprint density at radius 1 is 1.57 bits per heavy atom. The van der Waals surface area contributed by atoms with Crippen molar-refractivity contribution in [2.24, 2.45) is 0 Å². The summed E-state index contributed by atoms with van der Waals surface area (Å²) in [7, 11) is 0. The monoisotopic (exact) mass is 191 g/mol. The molecule has 0 atom stereocenters. The third kappa shape index (κ3) is 1.54. The Morgan fingerprint density at radius 2 is 2.36 bits per heavy atom. The number of nitrogens with two attached hydrogens (primary N) is 1. The van der Waals surface area contributed by atoms with Crippen molar-refractivity contribution in [2.45, 2.75) is 38.1 Å². The Bertz CT molecular complexity index is 313.